The van der Waals surface area contributed by atoms with Gasteiger partial charge >= 0.3 is 0 Å². The molecule has 124 valence electrons. The summed E-state index contributed by atoms with van der Waals surface area (Å²) in [4.78, 5) is 14.4. The first-order valence-corrected chi connectivity index (χ1v) is 8.63. The number of nitrogens with zero attached hydrogens (tertiary/aromatic N) is 2. The molecule has 4 heteroatoms. The zero-order valence-electron chi connectivity index (χ0n) is 14.3. The standard InChI is InChI=1S/C18H30N2O2/c1-14(2)8-11-20-15(3)12-17(21)18(22)16(20)13-19-9-6-4-5-7-10-19/h12,14,22H,4-11,13H2,1-3H3. The van der Waals surface area contributed by atoms with Crippen molar-refractivity contribution >= 4 is 0 Å². The molecule has 1 aromatic heterocycles. The van der Waals surface area contributed by atoms with Crippen LogP contribution in [0.1, 0.15) is 57.3 Å². The highest BCUT2D eigenvalue weighted by molar-refractivity contribution is 5.29. The van der Waals surface area contributed by atoms with Gasteiger partial charge in [0.25, 0.3) is 0 Å². The van der Waals surface area contributed by atoms with Crippen molar-refractivity contribution in [3.05, 3.63) is 27.7 Å². The normalized spacial score (nSPS) is 16.9. The molecule has 0 aliphatic carbocycles. The van der Waals surface area contributed by atoms with Crippen LogP contribution in [-0.2, 0) is 13.1 Å². The Hall–Kier alpha value is -1.29. The molecule has 4 nitrogen and oxygen atoms in total. The van der Waals surface area contributed by atoms with Crippen molar-refractivity contribution in [3.63, 3.8) is 0 Å². The average Bonchev–Trinajstić information content (AvgIpc) is 2.72. The summed E-state index contributed by atoms with van der Waals surface area (Å²) in [6.07, 6.45) is 6.05. The smallest absolute Gasteiger partial charge is 0.223 e. The fraction of sp³-hybridized carbons (Fsp3) is 0.722. The second-order valence-electron chi connectivity index (χ2n) is 6.97. The second-order valence-corrected chi connectivity index (χ2v) is 6.97. The summed E-state index contributed by atoms with van der Waals surface area (Å²) in [5.74, 6) is 0.547. The predicted molar refractivity (Wildman–Crippen MR) is 90.3 cm³/mol. The molecule has 1 fully saturated rings. The van der Waals surface area contributed by atoms with E-state index in [0.717, 1.165) is 37.4 Å². The SMILES string of the molecule is Cc1cc(=O)c(O)c(CN2CCCCCC2)n1CCC(C)C. The molecule has 0 radical (unpaired) electrons. The Morgan fingerprint density at radius 3 is 2.41 bits per heavy atom. The molecule has 0 spiro atoms. The van der Waals surface area contributed by atoms with Gasteiger partial charge in [-0.2, -0.15) is 0 Å². The third kappa shape index (κ3) is 4.35. The summed E-state index contributed by atoms with van der Waals surface area (Å²) < 4.78 is 2.14. The lowest BCUT2D eigenvalue weighted by atomic mass is 10.1. The summed E-state index contributed by atoms with van der Waals surface area (Å²) in [5.41, 5.74) is 1.50. The van der Waals surface area contributed by atoms with Gasteiger partial charge in [-0.1, -0.05) is 26.7 Å². The highest BCUT2D eigenvalue weighted by Gasteiger charge is 2.17. The number of aromatic hydroxyl groups is 1. The van der Waals surface area contributed by atoms with E-state index >= 15 is 0 Å². The van der Waals surface area contributed by atoms with Crippen LogP contribution in [0.15, 0.2) is 10.9 Å². The highest BCUT2D eigenvalue weighted by atomic mass is 16.3. The molecule has 2 rings (SSSR count). The number of pyridine rings is 1. The topological polar surface area (TPSA) is 45.5 Å². The number of rotatable bonds is 5. The van der Waals surface area contributed by atoms with Gasteiger partial charge in [0.2, 0.25) is 5.43 Å². The van der Waals surface area contributed by atoms with Gasteiger partial charge in [0.05, 0.1) is 5.69 Å². The van der Waals surface area contributed by atoms with Crippen LogP contribution in [0.5, 0.6) is 5.75 Å². The van der Waals surface area contributed by atoms with Gasteiger partial charge < -0.3 is 9.67 Å². The quantitative estimate of drug-likeness (QED) is 0.908. The molecule has 1 N–H and O–H groups in total. The third-order valence-corrected chi connectivity index (χ3v) is 4.60. The molecule has 1 aliphatic heterocycles. The molecule has 1 aliphatic rings. The first-order valence-electron chi connectivity index (χ1n) is 8.63. The summed E-state index contributed by atoms with van der Waals surface area (Å²) in [6.45, 7) is 10.0. The van der Waals surface area contributed by atoms with Crippen LogP contribution in [0.25, 0.3) is 0 Å². The average molecular weight is 306 g/mol. The molecule has 0 unspecified atom stereocenters. The van der Waals surface area contributed by atoms with Gasteiger partial charge in [-0.05, 0) is 45.2 Å². The van der Waals surface area contributed by atoms with E-state index in [-0.39, 0.29) is 11.2 Å². The molecule has 0 amide bonds. The van der Waals surface area contributed by atoms with Crippen molar-refractivity contribution < 1.29 is 5.11 Å². The number of hydrogen-bond donors (Lipinski definition) is 1. The van der Waals surface area contributed by atoms with E-state index in [1.165, 1.54) is 25.7 Å². The number of aromatic nitrogens is 1. The maximum Gasteiger partial charge on any atom is 0.223 e. The molecule has 0 atom stereocenters. The molecule has 0 aromatic carbocycles. The molecular weight excluding hydrogens is 276 g/mol. The summed E-state index contributed by atoms with van der Waals surface area (Å²) in [7, 11) is 0. The van der Waals surface area contributed by atoms with Gasteiger partial charge in [-0.3, -0.25) is 9.69 Å². The fourth-order valence-electron chi connectivity index (χ4n) is 3.18. The maximum absolute atomic E-state index is 12.0. The number of hydrogen-bond acceptors (Lipinski definition) is 3. The molecule has 0 bridgehead atoms. The van der Waals surface area contributed by atoms with E-state index in [0.29, 0.717) is 12.5 Å². The molecule has 1 saturated heterocycles. The Balaban J connectivity index is 2.27. The van der Waals surface area contributed by atoms with Crippen LogP contribution >= 0.6 is 0 Å². The minimum atomic E-state index is -0.247. The van der Waals surface area contributed by atoms with E-state index in [9.17, 15) is 9.90 Å². The van der Waals surface area contributed by atoms with Gasteiger partial charge in [0.1, 0.15) is 0 Å². The van der Waals surface area contributed by atoms with Gasteiger partial charge in [-0.25, -0.2) is 0 Å². The van der Waals surface area contributed by atoms with Gasteiger partial charge in [0, 0.05) is 24.8 Å². The van der Waals surface area contributed by atoms with E-state index < -0.39 is 0 Å². The van der Waals surface area contributed by atoms with Crippen molar-refractivity contribution in [2.75, 3.05) is 13.1 Å². The monoisotopic (exact) mass is 306 g/mol. The van der Waals surface area contributed by atoms with Crippen molar-refractivity contribution in [2.24, 2.45) is 5.92 Å². The lowest BCUT2D eigenvalue weighted by Crippen LogP contribution is -2.28. The van der Waals surface area contributed by atoms with Crippen molar-refractivity contribution in [1.82, 2.24) is 9.47 Å². The number of aryl methyl sites for hydroxylation is 1. The second kappa shape index (κ2) is 7.82. The molecule has 0 saturated carbocycles. The Kier molecular flexibility index (Phi) is 6.07. The molecule has 22 heavy (non-hydrogen) atoms. The predicted octanol–water partition coefficient (Wildman–Crippen LogP) is 3.28. The van der Waals surface area contributed by atoms with Gasteiger partial charge in [-0.15, -0.1) is 0 Å². The Morgan fingerprint density at radius 2 is 1.82 bits per heavy atom. The van der Waals surface area contributed by atoms with E-state index in [2.05, 4.69) is 23.3 Å². The lowest BCUT2D eigenvalue weighted by molar-refractivity contribution is 0.261. The first kappa shape index (κ1) is 17.1. The number of likely N-dealkylation sites (tertiary alicyclic amines) is 1. The van der Waals surface area contributed by atoms with Crippen molar-refractivity contribution in [1.29, 1.82) is 0 Å². The van der Waals surface area contributed by atoms with Crippen LogP contribution in [0.4, 0.5) is 0 Å². The zero-order valence-corrected chi connectivity index (χ0v) is 14.3. The summed E-state index contributed by atoms with van der Waals surface area (Å²) in [6, 6.07) is 1.56. The van der Waals surface area contributed by atoms with Crippen LogP contribution in [0.3, 0.4) is 0 Å². The molecule has 2 heterocycles. The first-order chi connectivity index (χ1) is 10.5. The van der Waals surface area contributed by atoms with Crippen LogP contribution in [0.2, 0.25) is 0 Å². The van der Waals surface area contributed by atoms with Crippen molar-refractivity contribution in [3.8, 4) is 5.75 Å². The lowest BCUT2D eigenvalue weighted by Gasteiger charge is -2.25. The van der Waals surface area contributed by atoms with Crippen LogP contribution in [0, 0.1) is 12.8 Å². The minimum Gasteiger partial charge on any atom is -0.503 e. The summed E-state index contributed by atoms with van der Waals surface area (Å²) >= 11 is 0. The highest BCUT2D eigenvalue weighted by Crippen LogP contribution is 2.20. The largest absolute Gasteiger partial charge is 0.503 e. The van der Waals surface area contributed by atoms with E-state index in [4.69, 9.17) is 0 Å². The molecular formula is C18H30N2O2. The van der Waals surface area contributed by atoms with Crippen LogP contribution < -0.4 is 5.43 Å². The molecule has 1 aromatic rings. The van der Waals surface area contributed by atoms with E-state index in [1.54, 1.807) is 6.07 Å². The zero-order chi connectivity index (χ0) is 16.1. The van der Waals surface area contributed by atoms with E-state index in [1.807, 2.05) is 6.92 Å². The third-order valence-electron chi connectivity index (χ3n) is 4.60. The Morgan fingerprint density at radius 1 is 1.18 bits per heavy atom. The summed E-state index contributed by atoms with van der Waals surface area (Å²) in [5, 5.41) is 10.3. The minimum absolute atomic E-state index is 0.0568. The maximum atomic E-state index is 12.0. The Bertz CT molecular complexity index is 541. The van der Waals surface area contributed by atoms with Crippen molar-refractivity contribution in [2.45, 2.75) is 66.0 Å². The fourth-order valence-corrected chi connectivity index (χ4v) is 3.18. The van der Waals surface area contributed by atoms with Gasteiger partial charge in [0.15, 0.2) is 5.75 Å². The van der Waals surface area contributed by atoms with Crippen LogP contribution in [-0.4, -0.2) is 27.7 Å². The Labute approximate surface area is 133 Å².